The molecule has 4 aromatic carbocycles. The fraction of sp³-hybridized carbons (Fsp3) is 0.108. The molecule has 1 unspecified atom stereocenters. The van der Waals surface area contributed by atoms with Crippen molar-refractivity contribution in [3.63, 3.8) is 0 Å². The Morgan fingerprint density at radius 3 is 1.83 bits per heavy atom. The summed E-state index contributed by atoms with van der Waals surface area (Å²) >= 11 is 0. The summed E-state index contributed by atoms with van der Waals surface area (Å²) in [6, 6.07) is 28.1. The number of esters is 1. The summed E-state index contributed by atoms with van der Waals surface area (Å²) < 4.78 is 10.4. The number of Topliss-reactive ketones (excluding diaryl/α,β-unsaturated/α-hetero) is 2. The van der Waals surface area contributed by atoms with Gasteiger partial charge in [-0.05, 0) is 43.3 Å². The second kappa shape index (κ2) is 11.9. The Labute approximate surface area is 269 Å². The number of benzene rings is 4. The molecule has 1 spiro atoms. The summed E-state index contributed by atoms with van der Waals surface area (Å²) in [5.41, 5.74) is -3.17. The molecule has 47 heavy (non-hydrogen) atoms. The van der Waals surface area contributed by atoms with Gasteiger partial charge in [-0.2, -0.15) is 0 Å². The quantitative estimate of drug-likeness (QED) is 0.0997. The number of carbonyl (C=O) groups is 5. The van der Waals surface area contributed by atoms with Crippen molar-refractivity contribution in [2.45, 2.75) is 12.5 Å². The lowest BCUT2D eigenvalue weighted by Crippen LogP contribution is -2.56. The van der Waals surface area contributed by atoms with Gasteiger partial charge in [-0.25, -0.2) is 4.79 Å². The molecule has 0 bridgehead atoms. The predicted molar refractivity (Wildman–Crippen MR) is 173 cm³/mol. The van der Waals surface area contributed by atoms with Crippen LogP contribution in [0.5, 0.6) is 5.75 Å². The van der Waals surface area contributed by atoms with Crippen LogP contribution in [0.2, 0.25) is 0 Å². The molecular weight excluding hydrogens is 600 g/mol. The maximum atomic E-state index is 15.3. The zero-order chi connectivity index (χ0) is 33.5. The number of aliphatic hydroxyl groups is 1. The highest BCUT2D eigenvalue weighted by atomic mass is 16.5. The van der Waals surface area contributed by atoms with E-state index in [0.29, 0.717) is 5.75 Å². The Morgan fingerprint density at radius 1 is 0.723 bits per heavy atom. The number of ether oxygens (including phenoxy) is 2. The van der Waals surface area contributed by atoms with Gasteiger partial charge in [0.25, 0.3) is 11.7 Å². The van der Waals surface area contributed by atoms with E-state index in [-0.39, 0.29) is 22.5 Å². The van der Waals surface area contributed by atoms with Crippen molar-refractivity contribution in [1.82, 2.24) is 0 Å². The first-order valence-corrected chi connectivity index (χ1v) is 14.5. The van der Waals surface area contributed by atoms with Gasteiger partial charge in [-0.1, -0.05) is 78.4 Å². The molecule has 1 saturated heterocycles. The van der Waals surface area contributed by atoms with E-state index < -0.39 is 57.5 Å². The van der Waals surface area contributed by atoms with E-state index in [1.165, 1.54) is 55.6 Å². The van der Waals surface area contributed by atoms with Crippen LogP contribution in [0.3, 0.4) is 0 Å². The Bertz CT molecular complexity index is 2000. The summed E-state index contributed by atoms with van der Waals surface area (Å²) in [6.07, 6.45) is 0. The van der Waals surface area contributed by atoms with Gasteiger partial charge in [-0.3, -0.25) is 29.0 Å². The van der Waals surface area contributed by atoms with E-state index in [1.54, 1.807) is 60.7 Å². The van der Waals surface area contributed by atoms with Crippen LogP contribution in [-0.2, 0) is 23.9 Å². The maximum absolute atomic E-state index is 15.3. The van der Waals surface area contributed by atoms with Gasteiger partial charge in [0.1, 0.15) is 17.2 Å². The molecule has 0 saturated carbocycles. The number of amides is 2. The van der Waals surface area contributed by atoms with Gasteiger partial charge in [0, 0.05) is 22.5 Å². The fourth-order valence-corrected chi connectivity index (χ4v) is 6.03. The third-order valence-electron chi connectivity index (χ3n) is 8.21. The van der Waals surface area contributed by atoms with Crippen LogP contribution in [0, 0.1) is 6.92 Å². The van der Waals surface area contributed by atoms with Gasteiger partial charge in [0.2, 0.25) is 0 Å². The summed E-state index contributed by atoms with van der Waals surface area (Å²) in [5.74, 6) is -5.66. The first-order chi connectivity index (χ1) is 22.7. The molecule has 0 aliphatic carbocycles. The molecule has 1 fully saturated rings. The van der Waals surface area contributed by atoms with Crippen molar-refractivity contribution >= 4 is 46.5 Å². The van der Waals surface area contributed by atoms with Crippen LogP contribution in [0.15, 0.2) is 126 Å². The summed E-state index contributed by atoms with van der Waals surface area (Å²) in [6.45, 7) is 1.83. The minimum Gasteiger partial charge on any atom is -0.507 e. The van der Waals surface area contributed by atoms with Crippen molar-refractivity contribution in [2.75, 3.05) is 24.0 Å². The molecule has 1 N–H and O–H groups in total. The molecule has 2 aliphatic rings. The molecule has 10 nitrogen and oxygen atoms in total. The molecule has 0 aromatic heterocycles. The molecule has 2 amide bonds. The van der Waals surface area contributed by atoms with Gasteiger partial charge in [0.05, 0.1) is 25.4 Å². The molecular formula is C37H28N2O8. The van der Waals surface area contributed by atoms with E-state index in [0.717, 1.165) is 22.5 Å². The average Bonchev–Trinajstić information content (AvgIpc) is 3.50. The monoisotopic (exact) mass is 628 g/mol. The van der Waals surface area contributed by atoms with E-state index in [4.69, 9.17) is 9.47 Å². The number of aryl methyl sites for hydroxylation is 1. The fourth-order valence-electron chi connectivity index (χ4n) is 6.03. The number of hydrogen-bond donors (Lipinski definition) is 1. The molecule has 2 aliphatic heterocycles. The van der Waals surface area contributed by atoms with Crippen molar-refractivity contribution in [3.05, 3.63) is 143 Å². The number of ketones is 2. The lowest BCUT2D eigenvalue weighted by Gasteiger charge is -2.35. The lowest BCUT2D eigenvalue weighted by atomic mass is 9.77. The molecule has 6 rings (SSSR count). The summed E-state index contributed by atoms with van der Waals surface area (Å²) in [4.78, 5) is 74.3. The second-order valence-corrected chi connectivity index (χ2v) is 10.9. The number of rotatable bonds is 7. The number of carbonyl (C=O) groups excluding carboxylic acids is 5. The number of hydrogen-bond acceptors (Lipinski definition) is 8. The second-order valence-electron chi connectivity index (χ2n) is 10.9. The Morgan fingerprint density at radius 2 is 1.28 bits per heavy atom. The first kappa shape index (κ1) is 30.7. The zero-order valence-electron chi connectivity index (χ0n) is 25.6. The van der Waals surface area contributed by atoms with Gasteiger partial charge in [0.15, 0.2) is 11.3 Å². The smallest absolute Gasteiger partial charge is 0.355 e. The Kier molecular flexibility index (Phi) is 7.78. The number of aliphatic hydroxyl groups excluding tert-OH is 1. The Balaban J connectivity index is 1.81. The molecule has 4 aromatic rings. The average molecular weight is 629 g/mol. The predicted octanol–water partition coefficient (Wildman–Crippen LogP) is 4.98. The lowest BCUT2D eigenvalue weighted by molar-refractivity contribution is -0.136. The topological polar surface area (TPSA) is 131 Å². The summed E-state index contributed by atoms with van der Waals surface area (Å²) in [5, 5.41) is 11.9. The third kappa shape index (κ3) is 4.69. The highest BCUT2D eigenvalue weighted by Crippen LogP contribution is 2.53. The largest absolute Gasteiger partial charge is 0.507 e. The van der Waals surface area contributed by atoms with Crippen molar-refractivity contribution in [3.8, 4) is 5.75 Å². The molecule has 1 atom stereocenters. The molecule has 0 radical (unpaired) electrons. The van der Waals surface area contributed by atoms with E-state index in [1.807, 2.05) is 6.92 Å². The highest BCUT2D eigenvalue weighted by molar-refractivity contribution is 6.57. The standard InChI is InChI=1S/C37H28N2O8/c1-22-14-16-25(17-15-22)38-30(35(44)47-3)28(31(40)23-10-6-4-7-11-23)37(36(38)45)29(32(41)24-12-8-5-9-13-24)33(42)34(43)39(37)26-18-20-27(46-2)21-19-26/h4-21,41H,1-3H3/b32-29-. The van der Waals surface area contributed by atoms with Gasteiger partial charge >= 0.3 is 11.9 Å². The minimum absolute atomic E-state index is 0.0293. The van der Waals surface area contributed by atoms with E-state index >= 15 is 4.79 Å². The van der Waals surface area contributed by atoms with Crippen LogP contribution < -0.4 is 14.5 Å². The molecule has 2 heterocycles. The summed E-state index contributed by atoms with van der Waals surface area (Å²) in [7, 11) is 2.54. The van der Waals surface area contributed by atoms with Crippen molar-refractivity contribution in [1.29, 1.82) is 0 Å². The normalized spacial score (nSPS) is 18.7. The van der Waals surface area contributed by atoms with Crippen molar-refractivity contribution < 1.29 is 38.6 Å². The van der Waals surface area contributed by atoms with Crippen LogP contribution in [0.4, 0.5) is 11.4 Å². The van der Waals surface area contributed by atoms with E-state index in [2.05, 4.69) is 0 Å². The third-order valence-corrected chi connectivity index (χ3v) is 8.21. The number of methoxy groups -OCH3 is 2. The molecule has 10 heteroatoms. The SMILES string of the molecule is COC(=O)C1=C(C(=O)c2ccccc2)C2(C(=O)N1c1ccc(C)cc1)/C(=C(\O)c1ccccc1)C(=O)C(=O)N2c1ccc(OC)cc1. The zero-order valence-corrected chi connectivity index (χ0v) is 25.6. The van der Waals surface area contributed by atoms with Gasteiger partial charge in [-0.15, -0.1) is 0 Å². The first-order valence-electron chi connectivity index (χ1n) is 14.5. The van der Waals surface area contributed by atoms with Crippen LogP contribution in [0.1, 0.15) is 21.5 Å². The van der Waals surface area contributed by atoms with Crippen LogP contribution in [0.25, 0.3) is 5.76 Å². The Hall–Kier alpha value is -6.29. The van der Waals surface area contributed by atoms with Gasteiger partial charge < -0.3 is 14.6 Å². The van der Waals surface area contributed by atoms with Crippen molar-refractivity contribution in [2.24, 2.45) is 0 Å². The maximum Gasteiger partial charge on any atom is 0.355 e. The number of anilines is 2. The minimum atomic E-state index is -2.65. The highest BCUT2D eigenvalue weighted by Gasteiger charge is 2.71. The molecule has 234 valence electrons. The number of nitrogens with zero attached hydrogens (tertiary/aromatic N) is 2. The van der Waals surface area contributed by atoms with E-state index in [9.17, 15) is 24.3 Å². The van der Waals surface area contributed by atoms with Crippen LogP contribution in [-0.4, -0.2) is 54.2 Å². The van der Waals surface area contributed by atoms with Crippen LogP contribution >= 0.6 is 0 Å².